The van der Waals surface area contributed by atoms with E-state index in [-0.39, 0.29) is 0 Å². The first-order chi connectivity index (χ1) is 24.3. The molecule has 0 saturated heterocycles. The maximum Gasteiger partial charge on any atom is 0.159 e. The summed E-state index contributed by atoms with van der Waals surface area (Å²) in [5.41, 5.74) is 9.78. The van der Waals surface area contributed by atoms with Crippen molar-refractivity contribution in [2.45, 2.75) is 0 Å². The summed E-state index contributed by atoms with van der Waals surface area (Å²) in [5.74, 6) is 0. The van der Waals surface area contributed by atoms with Crippen molar-refractivity contribution in [3.05, 3.63) is 176 Å². The van der Waals surface area contributed by atoms with Crippen LogP contribution >= 0.6 is 11.3 Å². The van der Waals surface area contributed by atoms with E-state index in [0.717, 1.165) is 39.0 Å². The van der Waals surface area contributed by atoms with Crippen LogP contribution < -0.4 is 4.90 Å². The van der Waals surface area contributed by atoms with Gasteiger partial charge in [0, 0.05) is 42.3 Å². The summed E-state index contributed by atoms with van der Waals surface area (Å²) in [4.78, 5) is 2.34. The van der Waals surface area contributed by atoms with E-state index in [0.29, 0.717) is 0 Å². The van der Waals surface area contributed by atoms with Crippen molar-refractivity contribution in [2.75, 3.05) is 4.90 Å². The summed E-state index contributed by atoms with van der Waals surface area (Å²) >= 11 is 1.84. The highest BCUT2D eigenvalue weighted by molar-refractivity contribution is 7.25. The molecule has 8 aromatic carbocycles. The Kier molecular flexibility index (Phi) is 6.39. The highest BCUT2D eigenvalue weighted by atomic mass is 32.1. The molecule has 230 valence electrons. The molecule has 0 aliphatic rings. The number of para-hydroxylation sites is 2. The van der Waals surface area contributed by atoms with Crippen molar-refractivity contribution in [1.29, 1.82) is 0 Å². The number of nitrogens with zero attached hydrogens (tertiary/aromatic N) is 1. The summed E-state index contributed by atoms with van der Waals surface area (Å²) in [6, 6.07) is 63.2. The average Bonchev–Trinajstić information content (AvgIpc) is 3.74. The lowest BCUT2D eigenvalue weighted by atomic mass is 9.95. The normalized spacial score (nSPS) is 11.7. The molecule has 2 nitrogen and oxygen atoms in total. The fourth-order valence-corrected chi connectivity index (χ4v) is 8.47. The molecule has 2 heterocycles. The fraction of sp³-hybridized carbons (Fsp3) is 0. The van der Waals surface area contributed by atoms with E-state index in [1.54, 1.807) is 0 Å². The molecule has 0 unspecified atom stereocenters. The summed E-state index contributed by atoms with van der Waals surface area (Å²) in [7, 11) is 0. The van der Waals surface area contributed by atoms with Crippen LogP contribution in [0.15, 0.2) is 180 Å². The van der Waals surface area contributed by atoms with Crippen molar-refractivity contribution in [1.82, 2.24) is 0 Å². The molecular weight excluding hydrogens is 615 g/mol. The number of hydrogen-bond acceptors (Lipinski definition) is 3. The fourth-order valence-electron chi connectivity index (χ4n) is 7.34. The van der Waals surface area contributed by atoms with Crippen LogP contribution in [0.4, 0.5) is 17.1 Å². The van der Waals surface area contributed by atoms with Gasteiger partial charge in [0.05, 0.1) is 5.69 Å². The van der Waals surface area contributed by atoms with Crippen LogP contribution in [0, 0.1) is 0 Å². The number of fused-ring (bicyclic) bond motifs is 7. The van der Waals surface area contributed by atoms with Crippen molar-refractivity contribution in [2.24, 2.45) is 0 Å². The molecule has 0 fully saturated rings. The minimum atomic E-state index is 0.881. The summed E-state index contributed by atoms with van der Waals surface area (Å²) < 4.78 is 9.15. The quantitative estimate of drug-likeness (QED) is 0.186. The highest BCUT2D eigenvalue weighted by Crippen LogP contribution is 2.45. The number of benzene rings is 8. The van der Waals surface area contributed by atoms with Gasteiger partial charge in [0.2, 0.25) is 0 Å². The van der Waals surface area contributed by atoms with Gasteiger partial charge in [0.1, 0.15) is 5.58 Å². The van der Waals surface area contributed by atoms with Crippen molar-refractivity contribution in [3.8, 4) is 22.3 Å². The van der Waals surface area contributed by atoms with Gasteiger partial charge < -0.3 is 9.32 Å². The molecule has 49 heavy (non-hydrogen) atoms. The number of furan rings is 1. The van der Waals surface area contributed by atoms with Gasteiger partial charge in [-0.15, -0.1) is 11.3 Å². The van der Waals surface area contributed by atoms with E-state index in [2.05, 4.69) is 169 Å². The lowest BCUT2D eigenvalue weighted by molar-refractivity contribution is 0.669. The molecule has 2 aromatic heterocycles. The van der Waals surface area contributed by atoms with Gasteiger partial charge in [-0.2, -0.15) is 0 Å². The SMILES string of the molecule is c1cc(-c2ccc(N(c3ccc4c(c3)sc3ccccc34)c3cccc4c3oc3ccccc34)cc2)cc(-c2cccc3ccccc23)c1. The molecule has 0 aliphatic heterocycles. The topological polar surface area (TPSA) is 16.4 Å². The smallest absolute Gasteiger partial charge is 0.159 e. The van der Waals surface area contributed by atoms with E-state index in [9.17, 15) is 0 Å². The largest absolute Gasteiger partial charge is 0.454 e. The first-order valence-corrected chi connectivity index (χ1v) is 17.4. The Hall–Kier alpha value is -6.16. The van der Waals surface area contributed by atoms with E-state index < -0.39 is 0 Å². The predicted molar refractivity (Wildman–Crippen MR) is 210 cm³/mol. The van der Waals surface area contributed by atoms with E-state index in [4.69, 9.17) is 4.42 Å². The van der Waals surface area contributed by atoms with Crippen LogP contribution in [0.3, 0.4) is 0 Å². The van der Waals surface area contributed by atoms with E-state index >= 15 is 0 Å². The van der Waals surface area contributed by atoms with Gasteiger partial charge in [-0.3, -0.25) is 0 Å². The standard InChI is InChI=1S/C46H29NOS/c1-2-14-36-31(10-1)11-8-17-37(36)33-13-7-12-32(28-33)30-22-24-34(25-23-30)47(35-26-27-40-39-16-4-6-21-44(39)49-45(40)29-35)42-19-9-18-41-38-15-3-5-20-43(38)48-46(41)42/h1-29H. The number of anilines is 3. The third kappa shape index (κ3) is 4.62. The molecule has 0 saturated carbocycles. The van der Waals surface area contributed by atoms with Gasteiger partial charge >= 0.3 is 0 Å². The molecule has 3 heteroatoms. The van der Waals surface area contributed by atoms with Gasteiger partial charge in [-0.1, -0.05) is 127 Å². The molecule has 0 bridgehead atoms. The molecule has 0 N–H and O–H groups in total. The van der Waals surface area contributed by atoms with Crippen LogP contribution in [-0.4, -0.2) is 0 Å². The Labute approximate surface area is 287 Å². The Morgan fingerprint density at radius 1 is 0.408 bits per heavy atom. The van der Waals surface area contributed by atoms with Crippen molar-refractivity contribution >= 4 is 81.3 Å². The summed E-state index contributed by atoms with van der Waals surface area (Å²) in [6.07, 6.45) is 0. The molecule has 0 radical (unpaired) electrons. The minimum Gasteiger partial charge on any atom is -0.454 e. The third-order valence-corrected chi connectivity index (χ3v) is 10.8. The van der Waals surface area contributed by atoms with Crippen LogP contribution in [0.2, 0.25) is 0 Å². The summed E-state index contributed by atoms with van der Waals surface area (Å²) in [6.45, 7) is 0. The molecule has 10 aromatic rings. The van der Waals surface area contributed by atoms with E-state index in [1.165, 1.54) is 53.2 Å². The second kappa shape index (κ2) is 11.2. The zero-order valence-electron chi connectivity index (χ0n) is 26.5. The lowest BCUT2D eigenvalue weighted by Gasteiger charge is -2.26. The van der Waals surface area contributed by atoms with Crippen molar-refractivity contribution < 1.29 is 4.42 Å². The van der Waals surface area contributed by atoms with Crippen molar-refractivity contribution in [3.63, 3.8) is 0 Å². The molecule has 0 amide bonds. The van der Waals surface area contributed by atoms with Gasteiger partial charge in [0.15, 0.2) is 5.58 Å². The van der Waals surface area contributed by atoms with Gasteiger partial charge in [-0.05, 0) is 81.6 Å². The maximum absolute atomic E-state index is 6.58. The number of thiophene rings is 1. The number of rotatable bonds is 5. The van der Waals surface area contributed by atoms with Crippen LogP contribution in [0.25, 0.3) is 75.1 Å². The Balaban J connectivity index is 1.11. The van der Waals surface area contributed by atoms with Crippen LogP contribution in [0.1, 0.15) is 0 Å². The lowest BCUT2D eigenvalue weighted by Crippen LogP contribution is -2.10. The molecule has 0 atom stereocenters. The van der Waals surface area contributed by atoms with Crippen LogP contribution in [0.5, 0.6) is 0 Å². The Bertz CT molecular complexity index is 2840. The highest BCUT2D eigenvalue weighted by Gasteiger charge is 2.20. The zero-order chi connectivity index (χ0) is 32.3. The Morgan fingerprint density at radius 3 is 2.00 bits per heavy atom. The first kappa shape index (κ1) is 27.9. The molecule has 0 spiro atoms. The second-order valence-corrected chi connectivity index (χ2v) is 13.6. The van der Waals surface area contributed by atoms with Gasteiger partial charge in [-0.25, -0.2) is 0 Å². The maximum atomic E-state index is 6.58. The average molecular weight is 644 g/mol. The summed E-state index contributed by atoms with van der Waals surface area (Å²) in [5, 5.41) is 7.35. The Morgan fingerprint density at radius 2 is 1.08 bits per heavy atom. The predicted octanol–water partition coefficient (Wildman–Crippen LogP) is 13.9. The first-order valence-electron chi connectivity index (χ1n) is 16.6. The van der Waals surface area contributed by atoms with Crippen LogP contribution in [-0.2, 0) is 0 Å². The molecular formula is C46H29NOS. The van der Waals surface area contributed by atoms with E-state index in [1.807, 2.05) is 23.5 Å². The molecule has 0 aliphatic carbocycles. The third-order valence-electron chi connectivity index (χ3n) is 9.67. The van der Waals surface area contributed by atoms with Gasteiger partial charge in [0.25, 0.3) is 0 Å². The number of hydrogen-bond donors (Lipinski definition) is 0. The minimum absolute atomic E-state index is 0.881. The second-order valence-electron chi connectivity index (χ2n) is 12.5. The molecule has 10 rings (SSSR count). The zero-order valence-corrected chi connectivity index (χ0v) is 27.3. The monoisotopic (exact) mass is 643 g/mol.